The van der Waals surface area contributed by atoms with E-state index >= 15 is 0 Å². The lowest BCUT2D eigenvalue weighted by molar-refractivity contribution is 0.101. The van der Waals surface area contributed by atoms with Crippen molar-refractivity contribution in [3.05, 3.63) is 124 Å². The second-order valence-corrected chi connectivity index (χ2v) is 12.6. The van der Waals surface area contributed by atoms with Gasteiger partial charge in [0, 0.05) is 61.4 Å². The minimum atomic E-state index is 0.106. The van der Waals surface area contributed by atoms with Gasteiger partial charge in [0.05, 0.1) is 18.5 Å². The molecule has 5 rings (SSSR count). The van der Waals surface area contributed by atoms with Crippen LogP contribution in [0, 0.1) is 13.8 Å². The average molecular weight is 659 g/mol. The summed E-state index contributed by atoms with van der Waals surface area (Å²) in [6, 6.07) is 21.8. The van der Waals surface area contributed by atoms with Gasteiger partial charge in [-0.05, 0) is 148 Å². The number of piperidine rings is 1. The zero-order valence-corrected chi connectivity index (χ0v) is 31.0. The van der Waals surface area contributed by atoms with Crippen LogP contribution in [0.25, 0.3) is 16.8 Å². The highest BCUT2D eigenvalue weighted by Gasteiger charge is 2.26. The first-order valence-electron chi connectivity index (χ1n) is 17.7. The number of allylic oxidation sites excluding steroid dienone is 4. The average Bonchev–Trinajstić information content (AvgIpc) is 3.12. The lowest BCUT2D eigenvalue weighted by atomic mass is 9.95. The molecule has 6 nitrogen and oxygen atoms in total. The van der Waals surface area contributed by atoms with Gasteiger partial charge in [0.15, 0.2) is 5.78 Å². The fraction of sp³-hybridized carbons (Fsp3) is 0.372. The van der Waals surface area contributed by atoms with Crippen LogP contribution in [0.15, 0.2) is 90.8 Å². The van der Waals surface area contributed by atoms with Crippen LogP contribution in [0.2, 0.25) is 0 Å². The van der Waals surface area contributed by atoms with Crippen LogP contribution >= 0.6 is 0 Å². The summed E-state index contributed by atoms with van der Waals surface area (Å²) in [5, 5.41) is 0. The number of hydrogen-bond acceptors (Lipinski definition) is 6. The first-order valence-corrected chi connectivity index (χ1v) is 17.7. The van der Waals surface area contributed by atoms with Gasteiger partial charge < -0.3 is 9.64 Å². The predicted molar refractivity (Wildman–Crippen MR) is 205 cm³/mol. The Morgan fingerprint density at radius 1 is 0.878 bits per heavy atom. The van der Waals surface area contributed by atoms with Gasteiger partial charge in [-0.25, -0.2) is 0 Å². The number of rotatable bonds is 11. The maximum absolute atomic E-state index is 12.1. The van der Waals surface area contributed by atoms with Gasteiger partial charge in [-0.3, -0.25) is 19.7 Å². The summed E-state index contributed by atoms with van der Waals surface area (Å²) in [6.07, 6.45) is 10.3. The number of likely N-dealkylation sites (tertiary alicyclic amines) is 1. The number of aromatic nitrogens is 2. The molecule has 0 amide bonds. The summed E-state index contributed by atoms with van der Waals surface area (Å²) in [4.78, 5) is 26.6. The fourth-order valence-corrected chi connectivity index (χ4v) is 6.90. The maximum Gasteiger partial charge on any atom is 0.160 e. The number of nitrogens with zero attached hydrogens (tertiary/aromatic N) is 4. The van der Waals surface area contributed by atoms with Crippen LogP contribution in [-0.2, 0) is 13.1 Å². The van der Waals surface area contributed by atoms with Crippen LogP contribution < -0.4 is 9.64 Å². The Hall–Kier alpha value is -4.55. The van der Waals surface area contributed by atoms with Crippen molar-refractivity contribution in [1.29, 1.82) is 0 Å². The molecule has 0 saturated carbocycles. The number of hydrogen-bond donors (Lipinski definition) is 0. The number of ketones is 1. The third-order valence-corrected chi connectivity index (χ3v) is 9.41. The number of methoxy groups -OCH3 is 1. The Morgan fingerprint density at radius 2 is 1.51 bits per heavy atom. The van der Waals surface area contributed by atoms with E-state index in [4.69, 9.17) is 9.72 Å². The highest BCUT2D eigenvalue weighted by atomic mass is 16.5. The van der Waals surface area contributed by atoms with Gasteiger partial charge in [-0.2, -0.15) is 0 Å². The number of ether oxygens (including phenoxy) is 1. The zero-order valence-electron chi connectivity index (χ0n) is 31.0. The van der Waals surface area contributed by atoms with Crippen molar-refractivity contribution < 1.29 is 9.53 Å². The van der Waals surface area contributed by atoms with Gasteiger partial charge in [-0.15, -0.1) is 0 Å². The van der Waals surface area contributed by atoms with Gasteiger partial charge in [0.2, 0.25) is 0 Å². The van der Waals surface area contributed by atoms with Gasteiger partial charge in [0.25, 0.3) is 0 Å². The molecule has 4 aromatic rings. The molecule has 1 saturated heterocycles. The van der Waals surface area contributed by atoms with E-state index in [0.717, 1.165) is 78.4 Å². The van der Waals surface area contributed by atoms with E-state index < -0.39 is 0 Å². The molecule has 0 unspecified atom stereocenters. The summed E-state index contributed by atoms with van der Waals surface area (Å²) in [6.45, 7) is 19.7. The van der Waals surface area contributed by atoms with Crippen LogP contribution in [-0.4, -0.2) is 46.9 Å². The van der Waals surface area contributed by atoms with E-state index in [1.54, 1.807) is 14.0 Å². The van der Waals surface area contributed by atoms with Crippen molar-refractivity contribution in [2.45, 2.75) is 87.4 Å². The standard InChI is InChI=1S/C41H48N4O2.C2H6/c1-8-28(3)38(9-2)40-25-33(15-19-43-40)27-45(35-10-12-37(47-7)13-11-35)36-16-20-44(21-17-36)26-32-14-18-42-39(24-32)34-22-29(4)41(31(6)46)30(5)23-34;1-2/h8-15,18-19,22-25,36H,16-17,20-21,26-27H2,1-7H3;1-2H3/b28-8-,38-9+;. The summed E-state index contributed by atoms with van der Waals surface area (Å²) in [5.41, 5.74) is 12.0. The molecule has 0 aliphatic carbocycles. The maximum atomic E-state index is 12.1. The van der Waals surface area contributed by atoms with E-state index in [1.807, 2.05) is 40.1 Å². The second-order valence-electron chi connectivity index (χ2n) is 12.6. The molecule has 0 radical (unpaired) electrons. The number of carbonyl (C=O) groups is 1. The van der Waals surface area contributed by atoms with Crippen LogP contribution in [0.1, 0.15) is 92.7 Å². The quantitative estimate of drug-likeness (QED) is 0.118. The van der Waals surface area contributed by atoms with Crippen molar-refractivity contribution in [1.82, 2.24) is 14.9 Å². The van der Waals surface area contributed by atoms with Crippen LogP contribution in [0.4, 0.5) is 5.69 Å². The number of pyridine rings is 2. The van der Waals surface area contributed by atoms with Gasteiger partial charge in [0.1, 0.15) is 5.75 Å². The van der Waals surface area contributed by atoms with E-state index in [1.165, 1.54) is 28.0 Å². The highest BCUT2D eigenvalue weighted by molar-refractivity contribution is 5.97. The van der Waals surface area contributed by atoms with E-state index in [0.29, 0.717) is 6.04 Å². The smallest absolute Gasteiger partial charge is 0.160 e. The fourth-order valence-electron chi connectivity index (χ4n) is 6.90. The van der Waals surface area contributed by atoms with E-state index in [-0.39, 0.29) is 5.78 Å². The first-order chi connectivity index (χ1) is 23.7. The molecule has 1 aliphatic rings. The molecule has 2 aromatic heterocycles. The molecule has 0 spiro atoms. The van der Waals surface area contributed by atoms with Crippen molar-refractivity contribution in [3.8, 4) is 17.0 Å². The largest absolute Gasteiger partial charge is 0.497 e. The normalized spacial score (nSPS) is 14.2. The van der Waals surface area contributed by atoms with Crippen molar-refractivity contribution in [3.63, 3.8) is 0 Å². The Balaban J connectivity index is 0.00000265. The summed E-state index contributed by atoms with van der Waals surface area (Å²) in [7, 11) is 1.71. The molecule has 3 heterocycles. The number of anilines is 1. The number of carbonyl (C=O) groups excluding carboxylic acids is 1. The van der Waals surface area contributed by atoms with Gasteiger partial charge in [-0.1, -0.05) is 26.0 Å². The molecule has 1 aliphatic heterocycles. The molecule has 49 heavy (non-hydrogen) atoms. The van der Waals surface area contributed by atoms with Gasteiger partial charge >= 0.3 is 0 Å². The lowest BCUT2D eigenvalue weighted by Crippen LogP contribution is -2.44. The van der Waals surface area contributed by atoms with E-state index in [2.05, 4.69) is 108 Å². The molecular formula is C43H54N4O2. The molecule has 2 aromatic carbocycles. The lowest BCUT2D eigenvalue weighted by Gasteiger charge is -2.40. The summed E-state index contributed by atoms with van der Waals surface area (Å²) >= 11 is 0. The highest BCUT2D eigenvalue weighted by Crippen LogP contribution is 2.30. The second kappa shape index (κ2) is 17.7. The van der Waals surface area contributed by atoms with Crippen molar-refractivity contribution in [2.24, 2.45) is 0 Å². The Kier molecular flexibility index (Phi) is 13.5. The molecule has 258 valence electrons. The molecule has 0 N–H and O–H groups in total. The van der Waals surface area contributed by atoms with Crippen LogP contribution in [0.5, 0.6) is 5.75 Å². The molecule has 0 atom stereocenters. The third kappa shape index (κ3) is 9.33. The third-order valence-electron chi connectivity index (χ3n) is 9.41. The summed E-state index contributed by atoms with van der Waals surface area (Å²) < 4.78 is 5.47. The first kappa shape index (κ1) is 37.3. The molecule has 0 bridgehead atoms. The van der Waals surface area contributed by atoms with Crippen molar-refractivity contribution in [2.75, 3.05) is 25.1 Å². The minimum absolute atomic E-state index is 0.106. The van der Waals surface area contributed by atoms with Crippen molar-refractivity contribution >= 4 is 17.0 Å². The Labute approximate surface area is 294 Å². The topological polar surface area (TPSA) is 58.6 Å². The van der Waals surface area contributed by atoms with E-state index in [9.17, 15) is 4.79 Å². The zero-order chi connectivity index (χ0) is 35.5. The van der Waals surface area contributed by atoms with Crippen LogP contribution in [0.3, 0.4) is 0 Å². The molecule has 1 fully saturated rings. The SMILES string of the molecule is C/C=C(C)\C(=C/C)c1cc(CN(c2ccc(OC)cc2)C2CCN(Cc3ccnc(-c4cc(C)c(C(C)=O)c(C)c4)c3)CC2)ccn1.CC. The monoisotopic (exact) mass is 658 g/mol. The Morgan fingerprint density at radius 3 is 2.10 bits per heavy atom. The minimum Gasteiger partial charge on any atom is -0.497 e. The molecule has 6 heteroatoms. The summed E-state index contributed by atoms with van der Waals surface area (Å²) in [5.74, 6) is 0.973. The number of benzene rings is 2. The predicted octanol–water partition coefficient (Wildman–Crippen LogP) is 10.0. The molecular weight excluding hydrogens is 604 g/mol. The number of Topliss-reactive ketones (excluding diaryl/α,β-unsaturated/α-hetero) is 1. The number of aryl methyl sites for hydroxylation is 2. The Bertz CT molecular complexity index is 1740.